The third kappa shape index (κ3) is 6870. The fourth-order valence-electron chi connectivity index (χ4n) is 0. The molecule has 0 rings (SSSR count). The molecule has 0 aromatic carbocycles. The van der Waals surface area contributed by atoms with Crippen molar-refractivity contribution < 1.29 is 52.6 Å². The molecule has 112 valence electrons. The molecule has 6 N–H and O–H groups in total. The predicted molar refractivity (Wildman–Crippen MR) is 62.4 cm³/mol. The topological polar surface area (TPSA) is 224 Å². The second-order valence-corrected chi connectivity index (χ2v) is 4.03. The molecule has 0 fully saturated rings. The third-order valence-electron chi connectivity index (χ3n) is 0. The Kier molecular flexibility index (Phi) is 21.2. The fraction of sp³-hybridized carbons (Fsp3) is 0. The van der Waals surface area contributed by atoms with Gasteiger partial charge in [0.05, 0.1) is 0 Å². The Morgan fingerprint density at radius 1 is 0.412 bits per heavy atom. The van der Waals surface area contributed by atoms with E-state index in [-0.39, 0.29) is 35.9 Å². The van der Waals surface area contributed by atoms with Gasteiger partial charge in [-0.05, 0) is 0 Å². The summed E-state index contributed by atoms with van der Waals surface area (Å²) in [6.07, 6.45) is 0. The monoisotopic (exact) mass is 450 g/mol. The molecule has 0 spiro atoms. The minimum absolute atomic E-state index is 0. The van der Waals surface area contributed by atoms with Crippen LogP contribution in [-0.2, 0) is 31.2 Å². The van der Waals surface area contributed by atoms with Gasteiger partial charge in [-0.1, -0.05) is 0 Å². The van der Waals surface area contributed by atoms with Gasteiger partial charge in [-0.3, -0.25) is 27.3 Å². The van der Waals surface area contributed by atoms with E-state index in [4.69, 9.17) is 52.6 Å². The number of hydrogen-bond donors (Lipinski definition) is 6. The van der Waals surface area contributed by atoms with Crippen molar-refractivity contribution in [3.63, 3.8) is 0 Å². The molecule has 0 aliphatic rings. The van der Waals surface area contributed by atoms with Gasteiger partial charge in [0.1, 0.15) is 0 Å². The van der Waals surface area contributed by atoms with E-state index in [1.54, 1.807) is 0 Å². The van der Waals surface area contributed by atoms with Crippen LogP contribution in [0.5, 0.6) is 0 Å². The Balaban J connectivity index is -0.0000000400. The summed E-state index contributed by atoms with van der Waals surface area (Å²) in [4.78, 5) is 0. The quantitative estimate of drug-likeness (QED) is 0.152. The van der Waals surface area contributed by atoms with Crippen LogP contribution in [0.3, 0.4) is 0 Å². The Morgan fingerprint density at radius 2 is 0.412 bits per heavy atom. The second-order valence-electron chi connectivity index (χ2n) is 1.34. The Hall–Kier alpha value is 0.727. The van der Waals surface area contributed by atoms with Gasteiger partial charge in [-0.15, -0.1) is 0 Å². The molecule has 0 radical (unpaired) electrons. The molecule has 0 amide bonds. The number of rotatable bonds is 0. The van der Waals surface area contributed by atoms with Crippen molar-refractivity contribution in [3.8, 4) is 0 Å². The van der Waals surface area contributed by atoms with Crippen molar-refractivity contribution >= 4 is 67.1 Å². The maximum absolute atomic E-state index is 8.74. The van der Waals surface area contributed by atoms with Crippen molar-refractivity contribution in [1.29, 1.82) is 0 Å². The van der Waals surface area contributed by atoms with Crippen molar-refractivity contribution in [2.45, 2.75) is 0 Å². The van der Waals surface area contributed by atoms with Gasteiger partial charge in [0.15, 0.2) is 0 Å². The molecule has 2 unspecified atom stereocenters. The molecule has 17 heavy (non-hydrogen) atoms. The van der Waals surface area contributed by atoms with Crippen LogP contribution in [0.15, 0.2) is 0 Å². The summed E-state index contributed by atoms with van der Waals surface area (Å²) in [5, 5.41) is 0. The van der Waals surface area contributed by atoms with E-state index in [9.17, 15) is 0 Å². The van der Waals surface area contributed by atoms with Crippen molar-refractivity contribution in [2.24, 2.45) is 0 Å². The van der Waals surface area contributed by atoms with Crippen LogP contribution in [0.1, 0.15) is 0 Å². The zero-order valence-electron chi connectivity index (χ0n) is 7.77. The van der Waals surface area contributed by atoms with Crippen molar-refractivity contribution in [2.75, 3.05) is 0 Å². The van der Waals surface area contributed by atoms with Gasteiger partial charge in [0.25, 0.3) is 0 Å². The third-order valence-corrected chi connectivity index (χ3v) is 0. The van der Waals surface area contributed by atoms with Crippen LogP contribution in [0.2, 0.25) is 0 Å². The summed E-state index contributed by atoms with van der Waals surface area (Å²) in [7, 11) is -14.0. The van der Waals surface area contributed by atoms with Crippen LogP contribution < -0.4 is 0 Å². The molecule has 0 aromatic rings. The molecule has 0 aliphatic carbocycles. The fourth-order valence-corrected chi connectivity index (χ4v) is 0. The van der Waals surface area contributed by atoms with Gasteiger partial charge < -0.3 is 0 Å². The van der Waals surface area contributed by atoms with Crippen LogP contribution in [0, 0.1) is 0 Å². The molecule has 12 nitrogen and oxygen atoms in total. The predicted octanol–water partition coefficient (Wildman–Crippen LogP) is -4.33. The van der Waals surface area contributed by atoms with E-state index in [1.807, 2.05) is 0 Å². The average molecular weight is 450 g/mol. The van der Waals surface area contributed by atoms with Crippen LogP contribution in [0.25, 0.3) is 0 Å². The average Bonchev–Trinajstić information content (AvgIpc) is 1.41. The van der Waals surface area contributed by atoms with E-state index in [1.165, 1.54) is 0 Å². The van der Waals surface area contributed by atoms with Gasteiger partial charge in [-0.2, -0.15) is 25.3 Å². The van der Waals surface area contributed by atoms with Crippen LogP contribution in [0.4, 0.5) is 0 Å². The molecule has 0 heterocycles. The van der Waals surface area contributed by atoms with Crippen molar-refractivity contribution in [3.05, 3.63) is 0 Å². The first-order valence-electron chi connectivity index (χ1n) is 2.10. The van der Waals surface area contributed by atoms with E-state index in [0.29, 0.717) is 0 Å². The molecular formula is H12As2O12S3. The molecule has 17 heteroatoms. The molecule has 0 aromatic heterocycles. The van der Waals surface area contributed by atoms with Gasteiger partial charge in [-0.25, -0.2) is 0 Å². The van der Waals surface area contributed by atoms with Gasteiger partial charge in [0.2, 0.25) is 0 Å². The van der Waals surface area contributed by atoms with Crippen LogP contribution in [-0.4, -0.2) is 88.5 Å². The summed E-state index contributed by atoms with van der Waals surface area (Å²) in [5.74, 6) is 0. The summed E-state index contributed by atoms with van der Waals surface area (Å²) in [6, 6.07) is 0. The van der Waals surface area contributed by atoms with E-state index >= 15 is 0 Å². The first-order valence-corrected chi connectivity index (χ1v) is 6.29. The maximum atomic E-state index is 8.74. The Bertz CT molecular complexity index is 341. The molecule has 0 aliphatic heterocycles. The molecule has 0 bridgehead atoms. The normalized spacial score (nSPS) is 10.2. The van der Waals surface area contributed by atoms with Gasteiger partial charge in [0, 0.05) is 0 Å². The summed E-state index contributed by atoms with van der Waals surface area (Å²) >= 11 is 0. The molecular weight excluding hydrogens is 438 g/mol. The van der Waals surface area contributed by atoms with Crippen LogP contribution >= 0.6 is 0 Å². The first-order chi connectivity index (χ1) is 6.00. The molecule has 0 saturated carbocycles. The number of hydrogen-bond acceptors (Lipinski definition) is 6. The summed E-state index contributed by atoms with van der Waals surface area (Å²) in [5.41, 5.74) is 0. The van der Waals surface area contributed by atoms with Gasteiger partial charge >= 0.3 is 67.1 Å². The second kappa shape index (κ2) is 11.8. The SMILES string of the molecule is O=S(=O)(O)O.O=S(=O)(O)O.O=S(=O)(O)O.[AsH3].[AsH3]. The zero-order valence-corrected chi connectivity index (χ0v) is 16.2. The van der Waals surface area contributed by atoms with E-state index < -0.39 is 31.2 Å². The zero-order chi connectivity index (χ0) is 13.5. The Morgan fingerprint density at radius 3 is 0.412 bits per heavy atom. The van der Waals surface area contributed by atoms with Crippen molar-refractivity contribution in [1.82, 2.24) is 0 Å². The first kappa shape index (κ1) is 30.6. The summed E-state index contributed by atoms with van der Waals surface area (Å²) in [6.45, 7) is 0. The van der Waals surface area contributed by atoms with E-state index in [2.05, 4.69) is 0 Å². The Labute approximate surface area is 119 Å². The minimum atomic E-state index is -4.67. The van der Waals surface area contributed by atoms with E-state index in [0.717, 1.165) is 0 Å². The summed E-state index contributed by atoms with van der Waals surface area (Å²) < 4.78 is 94.8. The standard InChI is InChI=1S/2AsH3.3H2O4S/c;;3*1-5(2,3)4/h2*1H3;3*(H2,1,2,3,4). The molecule has 2 atom stereocenters. The molecule has 0 saturated heterocycles.